The number of sulfonamides is 1. The SMILES string of the molecule is CCN(CC)S(=O)(=O)c1ccc(OC)c(NC(=O)C2CC3CCCC(C2)C3=O)c1. The van der Waals surface area contributed by atoms with Gasteiger partial charge in [-0.15, -0.1) is 0 Å². The van der Waals surface area contributed by atoms with Gasteiger partial charge in [-0.2, -0.15) is 4.31 Å². The number of carbonyl (C=O) groups is 2. The van der Waals surface area contributed by atoms with Gasteiger partial charge < -0.3 is 10.1 Å². The van der Waals surface area contributed by atoms with E-state index in [1.54, 1.807) is 19.9 Å². The summed E-state index contributed by atoms with van der Waals surface area (Å²) in [4.78, 5) is 25.3. The van der Waals surface area contributed by atoms with E-state index in [0.717, 1.165) is 19.3 Å². The number of rotatable bonds is 7. The molecule has 160 valence electrons. The topological polar surface area (TPSA) is 92.8 Å². The van der Waals surface area contributed by atoms with E-state index in [2.05, 4.69) is 5.32 Å². The summed E-state index contributed by atoms with van der Waals surface area (Å²) in [6.45, 7) is 4.31. The maximum atomic E-state index is 12.9. The molecule has 29 heavy (non-hydrogen) atoms. The summed E-state index contributed by atoms with van der Waals surface area (Å²) < 4.78 is 32.4. The second-order valence-electron chi connectivity index (χ2n) is 7.84. The maximum Gasteiger partial charge on any atom is 0.243 e. The molecule has 8 heteroatoms. The zero-order valence-electron chi connectivity index (χ0n) is 17.3. The number of amides is 1. The fourth-order valence-corrected chi connectivity index (χ4v) is 6.07. The lowest BCUT2D eigenvalue weighted by Gasteiger charge is -2.37. The summed E-state index contributed by atoms with van der Waals surface area (Å²) in [7, 11) is -2.17. The number of fused-ring (bicyclic) bond motifs is 2. The second-order valence-corrected chi connectivity index (χ2v) is 9.77. The van der Waals surface area contributed by atoms with Crippen LogP contribution in [0.4, 0.5) is 5.69 Å². The van der Waals surface area contributed by atoms with Gasteiger partial charge in [0.2, 0.25) is 15.9 Å². The Hall–Kier alpha value is -1.93. The Balaban J connectivity index is 1.83. The van der Waals surface area contributed by atoms with E-state index < -0.39 is 10.0 Å². The van der Waals surface area contributed by atoms with E-state index in [9.17, 15) is 18.0 Å². The Bertz CT molecular complexity index is 863. The molecule has 1 amide bonds. The first-order valence-electron chi connectivity index (χ1n) is 10.3. The minimum Gasteiger partial charge on any atom is -0.495 e. The van der Waals surface area contributed by atoms with Crippen LogP contribution in [0.5, 0.6) is 5.75 Å². The molecule has 0 heterocycles. The van der Waals surface area contributed by atoms with Crippen molar-refractivity contribution in [2.45, 2.75) is 50.8 Å². The smallest absolute Gasteiger partial charge is 0.243 e. The highest BCUT2D eigenvalue weighted by Crippen LogP contribution is 2.41. The second kappa shape index (κ2) is 8.83. The van der Waals surface area contributed by atoms with Crippen molar-refractivity contribution in [1.29, 1.82) is 0 Å². The number of benzene rings is 1. The molecule has 0 saturated heterocycles. The van der Waals surface area contributed by atoms with Crippen molar-refractivity contribution >= 4 is 27.4 Å². The van der Waals surface area contributed by atoms with Crippen molar-refractivity contribution in [3.63, 3.8) is 0 Å². The van der Waals surface area contributed by atoms with Gasteiger partial charge in [0, 0.05) is 30.8 Å². The van der Waals surface area contributed by atoms with Crippen LogP contribution in [-0.2, 0) is 19.6 Å². The zero-order chi connectivity index (χ0) is 21.2. The molecule has 2 saturated carbocycles. The molecule has 1 aromatic carbocycles. The van der Waals surface area contributed by atoms with Crippen LogP contribution >= 0.6 is 0 Å². The van der Waals surface area contributed by atoms with Crippen LogP contribution in [-0.4, -0.2) is 44.6 Å². The van der Waals surface area contributed by atoms with E-state index >= 15 is 0 Å². The highest BCUT2D eigenvalue weighted by Gasteiger charge is 2.41. The van der Waals surface area contributed by atoms with E-state index in [4.69, 9.17) is 4.74 Å². The van der Waals surface area contributed by atoms with Gasteiger partial charge in [0.05, 0.1) is 17.7 Å². The fourth-order valence-electron chi connectivity index (χ4n) is 4.59. The number of nitrogens with zero attached hydrogens (tertiary/aromatic N) is 1. The molecule has 2 atom stereocenters. The van der Waals surface area contributed by atoms with Crippen LogP contribution in [0.1, 0.15) is 46.0 Å². The van der Waals surface area contributed by atoms with Crippen molar-refractivity contribution in [2.24, 2.45) is 17.8 Å². The summed E-state index contributed by atoms with van der Waals surface area (Å²) in [5.41, 5.74) is 0.341. The average Bonchev–Trinajstić information content (AvgIpc) is 2.68. The minimum atomic E-state index is -3.65. The molecule has 2 fully saturated rings. The third kappa shape index (κ3) is 4.33. The van der Waals surface area contributed by atoms with E-state index in [1.165, 1.54) is 23.5 Å². The van der Waals surface area contributed by atoms with Gasteiger partial charge in [-0.1, -0.05) is 20.3 Å². The predicted molar refractivity (Wildman–Crippen MR) is 110 cm³/mol. The van der Waals surface area contributed by atoms with Gasteiger partial charge in [-0.25, -0.2) is 8.42 Å². The molecule has 3 rings (SSSR count). The Morgan fingerprint density at radius 3 is 2.34 bits per heavy atom. The van der Waals surface area contributed by atoms with Gasteiger partial charge in [-0.05, 0) is 43.9 Å². The molecular weight excluding hydrogens is 392 g/mol. The first kappa shape index (κ1) is 21.8. The molecule has 2 aliphatic carbocycles. The summed E-state index contributed by atoms with van der Waals surface area (Å²) in [5, 5.41) is 2.86. The highest BCUT2D eigenvalue weighted by molar-refractivity contribution is 7.89. The van der Waals surface area contributed by atoms with E-state index in [1.807, 2.05) is 0 Å². The van der Waals surface area contributed by atoms with Gasteiger partial charge in [0.1, 0.15) is 11.5 Å². The van der Waals surface area contributed by atoms with Crippen LogP contribution in [0, 0.1) is 17.8 Å². The molecule has 0 spiro atoms. The van der Waals surface area contributed by atoms with Crippen LogP contribution < -0.4 is 10.1 Å². The molecule has 0 aliphatic heterocycles. The molecule has 2 unspecified atom stereocenters. The maximum absolute atomic E-state index is 12.9. The molecule has 0 radical (unpaired) electrons. The van der Waals surface area contributed by atoms with Crippen molar-refractivity contribution in [3.05, 3.63) is 18.2 Å². The fraction of sp³-hybridized carbons (Fsp3) is 0.619. The number of hydrogen-bond acceptors (Lipinski definition) is 5. The van der Waals surface area contributed by atoms with Gasteiger partial charge >= 0.3 is 0 Å². The van der Waals surface area contributed by atoms with Crippen LogP contribution in [0.3, 0.4) is 0 Å². The standard InChI is InChI=1S/C21H30N2O5S/c1-4-23(5-2)29(26,27)17-9-10-19(28-3)18(13-17)22-21(25)16-11-14-7-6-8-15(12-16)20(14)24/h9-10,13-16H,4-8,11-12H2,1-3H3,(H,22,25). The normalized spacial score (nSPS) is 24.4. The van der Waals surface area contributed by atoms with Gasteiger partial charge in [0.25, 0.3) is 0 Å². The predicted octanol–water partition coefficient (Wildman–Crippen LogP) is 3.06. The average molecular weight is 423 g/mol. The Labute approximate surface area is 172 Å². The molecule has 1 aromatic rings. The first-order valence-corrected chi connectivity index (χ1v) is 11.8. The minimum absolute atomic E-state index is 0.0190. The van der Waals surface area contributed by atoms with Crippen molar-refractivity contribution < 1.29 is 22.7 Å². The third-order valence-corrected chi connectivity index (χ3v) is 8.24. The van der Waals surface area contributed by atoms with E-state index in [0.29, 0.717) is 43.2 Å². The zero-order valence-corrected chi connectivity index (χ0v) is 18.1. The summed E-state index contributed by atoms with van der Waals surface area (Å²) in [6.07, 6.45) is 3.91. The van der Waals surface area contributed by atoms with Crippen LogP contribution in [0.25, 0.3) is 0 Å². The number of Topliss-reactive ketones (excluding diaryl/α,β-unsaturated/α-hetero) is 1. The molecule has 2 bridgehead atoms. The Kier molecular flexibility index (Phi) is 6.63. The third-order valence-electron chi connectivity index (χ3n) is 6.19. The Morgan fingerprint density at radius 1 is 1.17 bits per heavy atom. The van der Waals surface area contributed by atoms with Crippen molar-refractivity contribution in [1.82, 2.24) is 4.31 Å². The lowest BCUT2D eigenvalue weighted by Crippen LogP contribution is -2.40. The molecule has 7 nitrogen and oxygen atoms in total. The Morgan fingerprint density at radius 2 is 1.79 bits per heavy atom. The number of ether oxygens (including phenoxy) is 1. The lowest BCUT2D eigenvalue weighted by molar-refractivity contribution is -0.136. The summed E-state index contributed by atoms with van der Waals surface area (Å²) >= 11 is 0. The van der Waals surface area contributed by atoms with Crippen molar-refractivity contribution in [3.8, 4) is 5.75 Å². The molecule has 0 aromatic heterocycles. The van der Waals surface area contributed by atoms with Gasteiger partial charge in [-0.3, -0.25) is 9.59 Å². The first-order chi connectivity index (χ1) is 13.8. The highest BCUT2D eigenvalue weighted by atomic mass is 32.2. The monoisotopic (exact) mass is 422 g/mol. The number of methoxy groups -OCH3 is 1. The number of nitrogens with one attached hydrogen (secondary N) is 1. The molecular formula is C21H30N2O5S. The summed E-state index contributed by atoms with van der Waals surface area (Å²) in [5.74, 6) is 0.263. The van der Waals surface area contributed by atoms with Crippen molar-refractivity contribution in [2.75, 3.05) is 25.5 Å². The quantitative estimate of drug-likeness (QED) is 0.729. The van der Waals surface area contributed by atoms with E-state index in [-0.39, 0.29) is 28.6 Å². The largest absolute Gasteiger partial charge is 0.495 e. The number of anilines is 1. The van der Waals surface area contributed by atoms with Crippen LogP contribution in [0.15, 0.2) is 23.1 Å². The number of hydrogen-bond donors (Lipinski definition) is 1. The summed E-state index contributed by atoms with van der Waals surface area (Å²) in [6, 6.07) is 4.51. The lowest BCUT2D eigenvalue weighted by atomic mass is 9.67. The number of carbonyl (C=O) groups excluding carboxylic acids is 2. The molecule has 1 N–H and O–H groups in total. The molecule has 2 aliphatic rings. The van der Waals surface area contributed by atoms with Crippen LogP contribution in [0.2, 0.25) is 0 Å². The number of ketones is 1. The van der Waals surface area contributed by atoms with Gasteiger partial charge in [0.15, 0.2) is 0 Å².